The molecule has 0 atom stereocenters. The summed E-state index contributed by atoms with van der Waals surface area (Å²) >= 11 is 6.29. The number of amides is 1. The van der Waals surface area contributed by atoms with Gasteiger partial charge in [-0.2, -0.15) is 0 Å². The van der Waals surface area contributed by atoms with Crippen molar-refractivity contribution in [3.8, 4) is 17.2 Å². The molecule has 0 radical (unpaired) electrons. The number of halogens is 1. The molecule has 0 aliphatic rings. The van der Waals surface area contributed by atoms with Crippen LogP contribution in [0.4, 0.5) is 0 Å². The van der Waals surface area contributed by atoms with Crippen molar-refractivity contribution in [3.05, 3.63) is 57.7 Å². The summed E-state index contributed by atoms with van der Waals surface area (Å²) in [4.78, 5) is 29.2. The Hall–Kier alpha value is -3.52. The molecule has 0 spiro atoms. The lowest BCUT2D eigenvalue weighted by Crippen LogP contribution is -2.30. The Morgan fingerprint density at radius 2 is 1.67 bits per heavy atom. The number of methoxy groups -OCH3 is 3. The summed E-state index contributed by atoms with van der Waals surface area (Å²) in [5, 5.41) is 3.69. The van der Waals surface area contributed by atoms with Crippen molar-refractivity contribution in [2.75, 3.05) is 27.9 Å². The molecule has 1 amide bonds. The second-order valence-corrected chi connectivity index (χ2v) is 7.63. The quantitative estimate of drug-likeness (QED) is 0.391. The first-order valence-electron chi connectivity index (χ1n) is 10.1. The van der Waals surface area contributed by atoms with E-state index in [0.717, 1.165) is 22.0 Å². The van der Waals surface area contributed by atoms with Crippen LogP contribution in [0.3, 0.4) is 0 Å². The highest BCUT2D eigenvalue weighted by Crippen LogP contribution is 2.38. The summed E-state index contributed by atoms with van der Waals surface area (Å²) in [5.41, 5.74) is 3.80. The van der Waals surface area contributed by atoms with Gasteiger partial charge in [-0.15, -0.1) is 0 Å². The molecule has 174 valence electrons. The molecule has 3 rings (SSSR count). The number of hydrogen-bond acceptors (Lipinski definition) is 7. The molecule has 33 heavy (non-hydrogen) atoms. The molecule has 1 N–H and O–H groups in total. The predicted octanol–water partition coefficient (Wildman–Crippen LogP) is 4.00. The maximum absolute atomic E-state index is 12.5. The Balaban J connectivity index is 1.64. The molecule has 0 unspecified atom stereocenters. The zero-order valence-electron chi connectivity index (χ0n) is 19.1. The Morgan fingerprint density at radius 3 is 2.27 bits per heavy atom. The highest BCUT2D eigenvalue weighted by atomic mass is 35.5. The number of fused-ring (bicyclic) bond motifs is 1. The summed E-state index contributed by atoms with van der Waals surface area (Å²) in [6, 6.07) is 8.78. The summed E-state index contributed by atoms with van der Waals surface area (Å²) < 4.78 is 21.0. The standard InChI is InChI=1S/C24H25ClN2O6/c1-13-6-7-15-8-17(23(25)27-21(15)14(13)2)12-33-20(28)11-26-24(29)16-9-18(30-3)22(32-5)19(10-16)31-4/h6-10H,11-12H2,1-5H3,(H,26,29). The SMILES string of the molecule is COc1cc(C(=O)NCC(=O)OCc2cc3ccc(C)c(C)c3nc2Cl)cc(OC)c1OC. The van der Waals surface area contributed by atoms with Gasteiger partial charge in [0.05, 0.1) is 26.8 Å². The fourth-order valence-corrected chi connectivity index (χ4v) is 3.47. The van der Waals surface area contributed by atoms with Crippen LogP contribution in [-0.4, -0.2) is 44.7 Å². The number of rotatable bonds is 8. The van der Waals surface area contributed by atoms with Crippen molar-refractivity contribution in [2.45, 2.75) is 20.5 Å². The van der Waals surface area contributed by atoms with E-state index in [9.17, 15) is 9.59 Å². The second kappa shape index (κ2) is 10.4. The van der Waals surface area contributed by atoms with E-state index in [0.29, 0.717) is 22.8 Å². The summed E-state index contributed by atoms with van der Waals surface area (Å²) in [7, 11) is 4.37. The average Bonchev–Trinajstić information content (AvgIpc) is 2.82. The number of carbonyl (C=O) groups is 2. The fourth-order valence-electron chi connectivity index (χ4n) is 3.28. The lowest BCUT2D eigenvalue weighted by molar-refractivity contribution is -0.143. The molecule has 9 heteroatoms. The van der Waals surface area contributed by atoms with Gasteiger partial charge < -0.3 is 24.3 Å². The van der Waals surface area contributed by atoms with Crippen LogP contribution in [0.25, 0.3) is 10.9 Å². The van der Waals surface area contributed by atoms with Gasteiger partial charge in [-0.05, 0) is 43.2 Å². The van der Waals surface area contributed by atoms with Gasteiger partial charge in [-0.1, -0.05) is 23.7 Å². The zero-order valence-corrected chi connectivity index (χ0v) is 19.8. The molecule has 0 saturated carbocycles. The molecule has 0 aliphatic carbocycles. The number of carbonyl (C=O) groups excluding carboxylic acids is 2. The highest BCUT2D eigenvalue weighted by Gasteiger charge is 2.18. The van der Waals surface area contributed by atoms with Crippen molar-refractivity contribution in [3.63, 3.8) is 0 Å². The smallest absolute Gasteiger partial charge is 0.325 e. The Labute approximate surface area is 196 Å². The van der Waals surface area contributed by atoms with E-state index in [1.54, 1.807) is 0 Å². The van der Waals surface area contributed by atoms with Crippen LogP contribution in [0.15, 0.2) is 30.3 Å². The summed E-state index contributed by atoms with van der Waals surface area (Å²) in [6.45, 7) is 3.60. The molecule has 0 aliphatic heterocycles. The summed E-state index contributed by atoms with van der Waals surface area (Å²) in [6.07, 6.45) is 0. The van der Waals surface area contributed by atoms with Gasteiger partial charge in [0.1, 0.15) is 18.3 Å². The van der Waals surface area contributed by atoms with Crippen LogP contribution in [0, 0.1) is 13.8 Å². The Morgan fingerprint density at radius 1 is 1.00 bits per heavy atom. The molecular formula is C24H25ClN2O6. The lowest BCUT2D eigenvalue weighted by Gasteiger charge is -2.14. The van der Waals surface area contributed by atoms with Crippen molar-refractivity contribution < 1.29 is 28.5 Å². The molecule has 0 bridgehead atoms. The maximum Gasteiger partial charge on any atom is 0.325 e. The Bertz CT molecular complexity index is 1190. The normalized spacial score (nSPS) is 10.6. The number of esters is 1. The summed E-state index contributed by atoms with van der Waals surface area (Å²) in [5.74, 6) is -0.0985. The van der Waals surface area contributed by atoms with Crippen molar-refractivity contribution in [1.82, 2.24) is 10.3 Å². The molecule has 8 nitrogen and oxygen atoms in total. The van der Waals surface area contributed by atoms with Crippen molar-refractivity contribution in [1.29, 1.82) is 0 Å². The van der Waals surface area contributed by atoms with Crippen LogP contribution in [0.5, 0.6) is 17.2 Å². The minimum absolute atomic E-state index is 0.0619. The van der Waals surface area contributed by atoms with Gasteiger partial charge >= 0.3 is 5.97 Å². The Kier molecular flexibility index (Phi) is 7.60. The zero-order chi connectivity index (χ0) is 24.1. The van der Waals surface area contributed by atoms with E-state index < -0.39 is 11.9 Å². The highest BCUT2D eigenvalue weighted by molar-refractivity contribution is 6.30. The van der Waals surface area contributed by atoms with Gasteiger partial charge in [0, 0.05) is 16.5 Å². The van der Waals surface area contributed by atoms with Gasteiger partial charge in [0.25, 0.3) is 5.91 Å². The van der Waals surface area contributed by atoms with Crippen LogP contribution >= 0.6 is 11.6 Å². The van der Waals surface area contributed by atoms with Crippen molar-refractivity contribution >= 4 is 34.4 Å². The average molecular weight is 473 g/mol. The van der Waals surface area contributed by atoms with E-state index in [1.807, 2.05) is 32.0 Å². The van der Waals surface area contributed by atoms with Crippen LogP contribution in [0.1, 0.15) is 27.0 Å². The van der Waals surface area contributed by atoms with Gasteiger partial charge in [-0.25, -0.2) is 4.98 Å². The number of benzene rings is 2. The van der Waals surface area contributed by atoms with Gasteiger partial charge in [0.15, 0.2) is 11.5 Å². The second-order valence-electron chi connectivity index (χ2n) is 7.27. The fraction of sp³-hybridized carbons (Fsp3) is 0.292. The third-order valence-corrected chi connectivity index (χ3v) is 5.57. The largest absolute Gasteiger partial charge is 0.493 e. The van der Waals surface area contributed by atoms with E-state index in [2.05, 4.69) is 10.3 Å². The molecule has 3 aromatic rings. The van der Waals surface area contributed by atoms with Gasteiger partial charge in [-0.3, -0.25) is 9.59 Å². The minimum Gasteiger partial charge on any atom is -0.493 e. The number of hydrogen-bond donors (Lipinski definition) is 1. The van der Waals surface area contributed by atoms with Crippen LogP contribution in [-0.2, 0) is 16.1 Å². The lowest BCUT2D eigenvalue weighted by atomic mass is 10.0. The van der Waals surface area contributed by atoms with Crippen LogP contribution < -0.4 is 19.5 Å². The van der Waals surface area contributed by atoms with E-state index in [-0.39, 0.29) is 23.9 Å². The monoisotopic (exact) mass is 472 g/mol. The molecule has 0 fully saturated rings. The number of nitrogens with one attached hydrogen (secondary N) is 1. The van der Waals surface area contributed by atoms with E-state index in [1.165, 1.54) is 33.5 Å². The first-order valence-corrected chi connectivity index (χ1v) is 10.5. The van der Waals surface area contributed by atoms with E-state index >= 15 is 0 Å². The number of nitrogens with zero attached hydrogens (tertiary/aromatic N) is 1. The molecule has 0 saturated heterocycles. The topological polar surface area (TPSA) is 96.0 Å². The number of pyridine rings is 1. The molecule has 2 aromatic carbocycles. The number of aryl methyl sites for hydroxylation is 2. The van der Waals surface area contributed by atoms with Gasteiger partial charge in [0.2, 0.25) is 5.75 Å². The van der Waals surface area contributed by atoms with Crippen molar-refractivity contribution in [2.24, 2.45) is 0 Å². The van der Waals surface area contributed by atoms with Crippen LogP contribution in [0.2, 0.25) is 5.15 Å². The van der Waals surface area contributed by atoms with E-state index in [4.69, 9.17) is 30.5 Å². The first-order chi connectivity index (χ1) is 15.8. The molecule has 1 heterocycles. The third-order valence-electron chi connectivity index (χ3n) is 5.25. The first kappa shape index (κ1) is 24.1. The third kappa shape index (κ3) is 5.28. The molecule has 1 aromatic heterocycles. The minimum atomic E-state index is -0.618. The number of ether oxygens (including phenoxy) is 4. The number of aromatic nitrogens is 1. The maximum atomic E-state index is 12.5. The molecular weight excluding hydrogens is 448 g/mol. The predicted molar refractivity (Wildman–Crippen MR) is 124 cm³/mol.